The third kappa shape index (κ3) is 6.87. The third-order valence-corrected chi connectivity index (χ3v) is 6.60. The van der Waals surface area contributed by atoms with E-state index in [1.165, 1.54) is 10.7 Å². The van der Waals surface area contributed by atoms with Gasteiger partial charge in [0.15, 0.2) is 0 Å². The first-order valence-corrected chi connectivity index (χ1v) is 12.9. The van der Waals surface area contributed by atoms with Gasteiger partial charge in [-0.2, -0.15) is 18.3 Å². The zero-order valence-corrected chi connectivity index (χ0v) is 21.7. The zero-order valence-electron chi connectivity index (χ0n) is 21.7. The number of morpholine rings is 2. The lowest BCUT2D eigenvalue weighted by atomic mass is 10.2. The van der Waals surface area contributed by atoms with E-state index in [-0.39, 0.29) is 23.8 Å². The molecule has 0 radical (unpaired) electrons. The number of hydrogen-bond donors (Lipinski definition) is 1. The van der Waals surface area contributed by atoms with Gasteiger partial charge in [0.1, 0.15) is 30.3 Å². The molecule has 0 bridgehead atoms. The van der Waals surface area contributed by atoms with E-state index in [2.05, 4.69) is 20.3 Å². The van der Waals surface area contributed by atoms with Crippen LogP contribution in [0.1, 0.15) is 16.2 Å². The summed E-state index contributed by atoms with van der Waals surface area (Å²) >= 11 is 0. The number of alkyl halides is 3. The molecule has 5 rings (SSSR count). The van der Waals surface area contributed by atoms with E-state index in [1.54, 1.807) is 23.2 Å². The van der Waals surface area contributed by atoms with Gasteiger partial charge >= 0.3 is 6.18 Å². The van der Waals surface area contributed by atoms with E-state index in [9.17, 15) is 22.8 Å². The first kappa shape index (κ1) is 27.8. The van der Waals surface area contributed by atoms with E-state index in [4.69, 9.17) is 14.2 Å². The van der Waals surface area contributed by atoms with Crippen LogP contribution in [0.4, 0.5) is 18.9 Å². The number of hydrogen-bond acceptors (Lipinski definition) is 8. The second kappa shape index (κ2) is 12.2. The van der Waals surface area contributed by atoms with Crippen molar-refractivity contribution in [2.45, 2.75) is 12.7 Å². The predicted octanol–water partition coefficient (Wildman–Crippen LogP) is 2.27. The Bertz CT molecular complexity index is 1350. The number of pyridine rings is 1. The number of nitrogens with one attached hydrogen (secondary N) is 1. The molecule has 4 heterocycles. The number of rotatable bonds is 8. The quantitative estimate of drug-likeness (QED) is 0.445. The van der Waals surface area contributed by atoms with Crippen LogP contribution >= 0.6 is 0 Å². The van der Waals surface area contributed by atoms with Gasteiger partial charge in [-0.05, 0) is 18.2 Å². The lowest BCUT2D eigenvalue weighted by molar-refractivity contribution is -0.141. The maximum atomic E-state index is 13.1. The van der Waals surface area contributed by atoms with Gasteiger partial charge in [0.25, 0.3) is 5.91 Å². The number of aromatic nitrogens is 3. The minimum absolute atomic E-state index is 0.0255. The molecule has 0 aliphatic carbocycles. The zero-order chi connectivity index (χ0) is 28.1. The smallest absolute Gasteiger partial charge is 0.433 e. The van der Waals surface area contributed by atoms with Crippen molar-refractivity contribution >= 4 is 28.4 Å². The summed E-state index contributed by atoms with van der Waals surface area (Å²) in [7, 11) is 0. The Morgan fingerprint density at radius 1 is 1.02 bits per heavy atom. The van der Waals surface area contributed by atoms with Crippen LogP contribution < -0.4 is 10.1 Å². The van der Waals surface area contributed by atoms with Gasteiger partial charge in [0.2, 0.25) is 5.91 Å². The molecular weight excluding hydrogens is 533 g/mol. The second-order valence-corrected chi connectivity index (χ2v) is 9.39. The molecule has 0 spiro atoms. The average Bonchev–Trinajstić information content (AvgIpc) is 3.34. The van der Waals surface area contributed by atoms with E-state index in [0.717, 1.165) is 25.2 Å². The fourth-order valence-electron chi connectivity index (χ4n) is 4.47. The molecule has 40 heavy (non-hydrogen) atoms. The second-order valence-electron chi connectivity index (χ2n) is 9.39. The highest BCUT2D eigenvalue weighted by atomic mass is 19.4. The van der Waals surface area contributed by atoms with Crippen molar-refractivity contribution in [1.82, 2.24) is 24.6 Å². The molecule has 2 aromatic heterocycles. The van der Waals surface area contributed by atoms with Crippen molar-refractivity contribution in [2.24, 2.45) is 0 Å². The number of carbonyl (C=O) groups is 2. The average molecular weight is 563 g/mol. The fourth-order valence-corrected chi connectivity index (χ4v) is 4.47. The highest BCUT2D eigenvalue weighted by Crippen LogP contribution is 2.31. The van der Waals surface area contributed by atoms with Crippen LogP contribution in [0.25, 0.3) is 10.9 Å². The van der Waals surface area contributed by atoms with Crippen molar-refractivity contribution in [1.29, 1.82) is 0 Å². The summed E-state index contributed by atoms with van der Waals surface area (Å²) in [6.45, 7) is 5.76. The molecule has 0 atom stereocenters. The molecule has 2 aliphatic heterocycles. The number of halogens is 3. The SMILES string of the molecule is O=C(Nc1cc2cn(CC(=O)N3CCOCC3)nc2cc1OCCN1CCOCC1)c1cccc(C(F)(F)F)n1. The highest BCUT2D eigenvalue weighted by Gasteiger charge is 2.33. The maximum absolute atomic E-state index is 13.1. The molecule has 11 nitrogen and oxygen atoms in total. The minimum Gasteiger partial charge on any atom is -0.490 e. The predicted molar refractivity (Wildman–Crippen MR) is 137 cm³/mol. The Morgan fingerprint density at radius 3 is 2.48 bits per heavy atom. The van der Waals surface area contributed by atoms with Crippen molar-refractivity contribution < 1.29 is 37.0 Å². The third-order valence-electron chi connectivity index (χ3n) is 6.60. The van der Waals surface area contributed by atoms with Crippen LogP contribution in [0.2, 0.25) is 0 Å². The van der Waals surface area contributed by atoms with Gasteiger partial charge in [-0.25, -0.2) is 4.98 Å². The van der Waals surface area contributed by atoms with Gasteiger partial charge in [0.05, 0.1) is 37.6 Å². The van der Waals surface area contributed by atoms with Gasteiger partial charge in [-0.1, -0.05) is 6.07 Å². The van der Waals surface area contributed by atoms with Crippen molar-refractivity contribution in [3.8, 4) is 5.75 Å². The molecule has 2 aliphatic rings. The van der Waals surface area contributed by atoms with Gasteiger partial charge in [0, 0.05) is 50.4 Å². The van der Waals surface area contributed by atoms with E-state index >= 15 is 0 Å². The number of ether oxygens (including phenoxy) is 3. The maximum Gasteiger partial charge on any atom is 0.433 e. The van der Waals surface area contributed by atoms with Crippen LogP contribution in [-0.2, 0) is 27.0 Å². The molecule has 0 unspecified atom stereocenters. The summed E-state index contributed by atoms with van der Waals surface area (Å²) in [5.74, 6) is -0.619. The molecule has 3 aromatic rings. The number of anilines is 1. The molecule has 2 saturated heterocycles. The Kier molecular flexibility index (Phi) is 8.47. The van der Waals surface area contributed by atoms with E-state index in [1.807, 2.05) is 0 Å². The summed E-state index contributed by atoms with van der Waals surface area (Å²) in [4.78, 5) is 33.0. The number of fused-ring (bicyclic) bond motifs is 1. The standard InChI is InChI=1S/C26H29F3N6O5/c27-26(28,29)23-3-1-2-19(30-23)25(37)31-21-14-18-16-35(17-24(36)34-7-11-39-12-8-34)32-20(18)15-22(21)40-13-6-33-4-9-38-10-5-33/h1-3,14-16H,4-13,17H2,(H,31,37). The number of amides is 2. The minimum atomic E-state index is -4.68. The molecule has 2 amide bonds. The Labute approximate surface area is 227 Å². The molecular formula is C26H29F3N6O5. The van der Waals surface area contributed by atoms with Gasteiger partial charge < -0.3 is 24.4 Å². The molecule has 214 valence electrons. The number of carbonyl (C=O) groups excluding carboxylic acids is 2. The molecule has 0 saturated carbocycles. The van der Waals surface area contributed by atoms with Crippen LogP contribution in [0.3, 0.4) is 0 Å². The molecule has 1 N–H and O–H groups in total. The number of nitrogens with zero attached hydrogens (tertiary/aromatic N) is 5. The lowest BCUT2D eigenvalue weighted by Crippen LogP contribution is -2.42. The summed E-state index contributed by atoms with van der Waals surface area (Å²) in [5.41, 5.74) is -0.770. The molecule has 1 aromatic carbocycles. The molecule has 14 heteroatoms. The first-order valence-electron chi connectivity index (χ1n) is 12.9. The Morgan fingerprint density at radius 2 is 1.75 bits per heavy atom. The summed E-state index contributed by atoms with van der Waals surface area (Å²) in [6, 6.07) is 6.39. The van der Waals surface area contributed by atoms with E-state index < -0.39 is 17.8 Å². The largest absolute Gasteiger partial charge is 0.490 e. The van der Waals surface area contributed by atoms with Crippen LogP contribution in [0.5, 0.6) is 5.75 Å². The highest BCUT2D eigenvalue weighted by molar-refractivity contribution is 6.05. The Hall–Kier alpha value is -3.75. The summed E-state index contributed by atoms with van der Waals surface area (Å²) in [6.07, 6.45) is -3.01. The summed E-state index contributed by atoms with van der Waals surface area (Å²) < 4.78 is 57.6. The number of benzene rings is 1. The molecule has 2 fully saturated rings. The normalized spacial score (nSPS) is 16.7. The van der Waals surface area contributed by atoms with Crippen molar-refractivity contribution in [3.05, 3.63) is 47.9 Å². The monoisotopic (exact) mass is 562 g/mol. The van der Waals surface area contributed by atoms with E-state index in [0.29, 0.717) is 69.3 Å². The van der Waals surface area contributed by atoms with Crippen molar-refractivity contribution in [2.75, 3.05) is 71.1 Å². The van der Waals surface area contributed by atoms with Crippen LogP contribution in [-0.4, -0.2) is 102 Å². The van der Waals surface area contributed by atoms with Gasteiger partial charge in [-0.15, -0.1) is 0 Å². The van der Waals surface area contributed by atoms with Crippen molar-refractivity contribution in [3.63, 3.8) is 0 Å². The summed E-state index contributed by atoms with van der Waals surface area (Å²) in [5, 5.41) is 7.75. The fraction of sp³-hybridized carbons (Fsp3) is 0.462. The topological polar surface area (TPSA) is 111 Å². The Balaban J connectivity index is 1.37. The van der Waals surface area contributed by atoms with Crippen LogP contribution in [0.15, 0.2) is 36.5 Å². The van der Waals surface area contributed by atoms with Crippen LogP contribution in [0, 0.1) is 0 Å². The van der Waals surface area contributed by atoms with Gasteiger partial charge in [-0.3, -0.25) is 19.2 Å². The first-order chi connectivity index (χ1) is 19.3. The lowest BCUT2D eigenvalue weighted by Gasteiger charge is -2.26.